The number of ether oxygens (including phenoxy) is 1. The van der Waals surface area contributed by atoms with Gasteiger partial charge in [0.25, 0.3) is 0 Å². The maximum absolute atomic E-state index is 5.24. The maximum atomic E-state index is 5.24. The van der Waals surface area contributed by atoms with Gasteiger partial charge in [-0.1, -0.05) is 12.1 Å². The Labute approximate surface area is 120 Å². The van der Waals surface area contributed by atoms with Crippen LogP contribution in [0, 0.1) is 0 Å². The molecule has 4 heteroatoms. The van der Waals surface area contributed by atoms with Gasteiger partial charge in [0.15, 0.2) is 0 Å². The number of nitrogens with one attached hydrogen (secondary N) is 1. The lowest BCUT2D eigenvalue weighted by molar-refractivity contribution is 0.413. The van der Waals surface area contributed by atoms with E-state index in [4.69, 9.17) is 4.74 Å². The highest BCUT2D eigenvalue weighted by molar-refractivity contribution is 9.11. The summed E-state index contributed by atoms with van der Waals surface area (Å²) in [6.45, 7) is 3.04. The first-order valence-electron chi connectivity index (χ1n) is 5.79. The standard InChI is InChI=1S/C14H16BrNOS/c1-10(12-4-3-5-13(7-12)17-2)16-8-11-6-14(15)18-9-11/h3-7,9-10,16H,8H2,1-2H3/t10-/m1/s1. The summed E-state index contributed by atoms with van der Waals surface area (Å²) in [5.41, 5.74) is 2.55. The number of hydrogen-bond acceptors (Lipinski definition) is 3. The van der Waals surface area contributed by atoms with E-state index in [-0.39, 0.29) is 0 Å². The fourth-order valence-electron chi connectivity index (χ4n) is 1.74. The fourth-order valence-corrected chi connectivity index (χ4v) is 2.95. The van der Waals surface area contributed by atoms with Gasteiger partial charge in [0.05, 0.1) is 10.9 Å². The summed E-state index contributed by atoms with van der Waals surface area (Å²) in [6, 6.07) is 10.6. The van der Waals surface area contributed by atoms with Gasteiger partial charge in [0.2, 0.25) is 0 Å². The highest BCUT2D eigenvalue weighted by Gasteiger charge is 2.06. The van der Waals surface area contributed by atoms with E-state index in [0.29, 0.717) is 6.04 Å². The van der Waals surface area contributed by atoms with Crippen molar-refractivity contribution in [2.45, 2.75) is 19.5 Å². The maximum Gasteiger partial charge on any atom is 0.119 e. The predicted molar refractivity (Wildman–Crippen MR) is 80.3 cm³/mol. The Bertz CT molecular complexity index is 512. The molecule has 2 nitrogen and oxygen atoms in total. The van der Waals surface area contributed by atoms with Crippen LogP contribution in [0.2, 0.25) is 0 Å². The van der Waals surface area contributed by atoms with Crippen LogP contribution in [0.25, 0.3) is 0 Å². The molecule has 18 heavy (non-hydrogen) atoms. The van der Waals surface area contributed by atoms with Crippen molar-refractivity contribution < 1.29 is 4.74 Å². The Morgan fingerprint density at radius 2 is 2.22 bits per heavy atom. The van der Waals surface area contributed by atoms with Crippen molar-refractivity contribution >= 4 is 27.3 Å². The van der Waals surface area contributed by atoms with Gasteiger partial charge in [-0.15, -0.1) is 11.3 Å². The SMILES string of the molecule is COc1cccc([C@@H](C)NCc2csc(Br)c2)c1. The number of rotatable bonds is 5. The molecule has 1 aromatic carbocycles. The smallest absolute Gasteiger partial charge is 0.119 e. The molecule has 0 unspecified atom stereocenters. The molecule has 0 saturated heterocycles. The van der Waals surface area contributed by atoms with E-state index in [9.17, 15) is 0 Å². The predicted octanol–water partition coefficient (Wildman–Crippen LogP) is 4.37. The Kier molecular flexibility index (Phi) is 4.80. The molecule has 0 spiro atoms. The van der Waals surface area contributed by atoms with Crippen LogP contribution in [0.15, 0.2) is 39.5 Å². The van der Waals surface area contributed by atoms with Crippen LogP contribution in [0.3, 0.4) is 0 Å². The number of methoxy groups -OCH3 is 1. The Hall–Kier alpha value is -0.840. The zero-order valence-electron chi connectivity index (χ0n) is 10.4. The minimum absolute atomic E-state index is 0.304. The number of hydrogen-bond donors (Lipinski definition) is 1. The van der Waals surface area contributed by atoms with Crippen LogP contribution in [0.1, 0.15) is 24.1 Å². The van der Waals surface area contributed by atoms with E-state index in [1.54, 1.807) is 18.4 Å². The van der Waals surface area contributed by atoms with Crippen molar-refractivity contribution in [3.8, 4) is 5.75 Å². The summed E-state index contributed by atoms with van der Waals surface area (Å²) in [7, 11) is 1.69. The number of thiophene rings is 1. The highest BCUT2D eigenvalue weighted by Crippen LogP contribution is 2.22. The monoisotopic (exact) mass is 325 g/mol. The molecule has 1 aromatic heterocycles. The van der Waals surface area contributed by atoms with Crippen molar-refractivity contribution in [3.05, 3.63) is 50.6 Å². The van der Waals surface area contributed by atoms with Gasteiger partial charge >= 0.3 is 0 Å². The highest BCUT2D eigenvalue weighted by atomic mass is 79.9. The van der Waals surface area contributed by atoms with E-state index >= 15 is 0 Å². The minimum Gasteiger partial charge on any atom is -0.497 e. The van der Waals surface area contributed by atoms with Crippen molar-refractivity contribution in [2.75, 3.05) is 7.11 Å². The minimum atomic E-state index is 0.304. The molecule has 2 rings (SSSR count). The lowest BCUT2D eigenvalue weighted by atomic mass is 10.1. The van der Waals surface area contributed by atoms with Gasteiger partial charge < -0.3 is 10.1 Å². The molecule has 0 aliphatic rings. The number of halogens is 1. The van der Waals surface area contributed by atoms with E-state index in [0.717, 1.165) is 12.3 Å². The van der Waals surface area contributed by atoms with E-state index in [1.807, 2.05) is 12.1 Å². The van der Waals surface area contributed by atoms with Crippen LogP contribution in [-0.2, 0) is 6.54 Å². The first kappa shape index (κ1) is 13.6. The second-order valence-corrected chi connectivity index (χ2v) is 6.43. The molecule has 0 bridgehead atoms. The molecule has 1 N–H and O–H groups in total. The summed E-state index contributed by atoms with van der Waals surface area (Å²) in [5, 5.41) is 5.67. The van der Waals surface area contributed by atoms with Crippen LogP contribution < -0.4 is 10.1 Å². The summed E-state index contributed by atoms with van der Waals surface area (Å²) in [5.74, 6) is 0.902. The lowest BCUT2D eigenvalue weighted by Gasteiger charge is -2.14. The van der Waals surface area contributed by atoms with Gasteiger partial charge in [0, 0.05) is 12.6 Å². The molecule has 0 aliphatic heterocycles. The van der Waals surface area contributed by atoms with Crippen molar-refractivity contribution in [1.82, 2.24) is 5.32 Å². The summed E-state index contributed by atoms with van der Waals surface area (Å²) < 4.78 is 6.41. The van der Waals surface area contributed by atoms with E-state index < -0.39 is 0 Å². The molecule has 2 aromatic rings. The molecule has 96 valence electrons. The van der Waals surface area contributed by atoms with Crippen molar-refractivity contribution in [3.63, 3.8) is 0 Å². The van der Waals surface area contributed by atoms with Gasteiger partial charge in [-0.3, -0.25) is 0 Å². The van der Waals surface area contributed by atoms with Gasteiger partial charge in [-0.05, 0) is 57.6 Å². The van der Waals surface area contributed by atoms with E-state index in [2.05, 4.69) is 51.7 Å². The topological polar surface area (TPSA) is 21.3 Å². The molecule has 0 amide bonds. The number of benzene rings is 1. The van der Waals surface area contributed by atoms with Crippen molar-refractivity contribution in [1.29, 1.82) is 0 Å². The average molecular weight is 326 g/mol. The van der Waals surface area contributed by atoms with Crippen LogP contribution in [-0.4, -0.2) is 7.11 Å². The molecule has 0 fully saturated rings. The molecule has 0 saturated carbocycles. The Morgan fingerprint density at radius 3 is 2.89 bits per heavy atom. The first-order chi connectivity index (χ1) is 8.69. The normalized spacial score (nSPS) is 12.4. The van der Waals surface area contributed by atoms with Crippen LogP contribution in [0.5, 0.6) is 5.75 Å². The lowest BCUT2D eigenvalue weighted by Crippen LogP contribution is -2.17. The van der Waals surface area contributed by atoms with Crippen LogP contribution in [0.4, 0.5) is 0 Å². The third kappa shape index (κ3) is 3.57. The quantitative estimate of drug-likeness (QED) is 0.881. The zero-order valence-corrected chi connectivity index (χ0v) is 12.8. The third-order valence-corrected chi connectivity index (χ3v) is 4.38. The molecule has 0 radical (unpaired) electrons. The fraction of sp³-hybridized carbons (Fsp3) is 0.286. The second-order valence-electron chi connectivity index (χ2n) is 4.14. The average Bonchev–Trinajstić information content (AvgIpc) is 2.82. The molecular weight excluding hydrogens is 310 g/mol. The van der Waals surface area contributed by atoms with Crippen LogP contribution >= 0.6 is 27.3 Å². The molecular formula is C14H16BrNOS. The summed E-state index contributed by atoms with van der Waals surface area (Å²) in [6.07, 6.45) is 0. The second kappa shape index (κ2) is 6.36. The van der Waals surface area contributed by atoms with E-state index in [1.165, 1.54) is 14.9 Å². The third-order valence-electron chi connectivity index (χ3n) is 2.83. The van der Waals surface area contributed by atoms with Crippen molar-refractivity contribution in [2.24, 2.45) is 0 Å². The van der Waals surface area contributed by atoms with Gasteiger partial charge in [-0.25, -0.2) is 0 Å². The molecule has 1 atom stereocenters. The molecule has 0 aliphatic carbocycles. The Morgan fingerprint density at radius 1 is 1.39 bits per heavy atom. The molecule has 1 heterocycles. The first-order valence-corrected chi connectivity index (χ1v) is 7.46. The summed E-state index contributed by atoms with van der Waals surface area (Å²) >= 11 is 5.19. The van der Waals surface area contributed by atoms with Gasteiger partial charge in [0.1, 0.15) is 5.75 Å². The van der Waals surface area contributed by atoms with Gasteiger partial charge in [-0.2, -0.15) is 0 Å². The largest absolute Gasteiger partial charge is 0.497 e. The summed E-state index contributed by atoms with van der Waals surface area (Å²) in [4.78, 5) is 0. The zero-order chi connectivity index (χ0) is 13.0. The Balaban J connectivity index is 1.96.